The molecular weight excluding hydrogens is 197 g/mol. The van der Waals surface area contributed by atoms with Crippen LogP contribution >= 0.6 is 0 Å². The molecule has 0 fully saturated rings. The van der Waals surface area contributed by atoms with Crippen molar-refractivity contribution in [3.05, 3.63) is 41.4 Å². The van der Waals surface area contributed by atoms with Crippen molar-refractivity contribution in [1.82, 2.24) is 5.16 Å². The summed E-state index contributed by atoms with van der Waals surface area (Å²) in [6.45, 7) is 1.66. The molecule has 0 atom stereocenters. The average molecular weight is 207 g/mol. The first kappa shape index (κ1) is 9.86. The fourth-order valence-corrected chi connectivity index (χ4v) is 1.38. The minimum Gasteiger partial charge on any atom is -0.388 e. The van der Waals surface area contributed by atoms with Crippen molar-refractivity contribution in [2.45, 2.75) is 13.5 Å². The number of rotatable bonds is 2. The Labute approximate surface area is 86.1 Å². The summed E-state index contributed by atoms with van der Waals surface area (Å²) in [6, 6.07) is 6.07. The van der Waals surface area contributed by atoms with Gasteiger partial charge in [-0.3, -0.25) is 0 Å². The molecule has 0 spiro atoms. The first-order valence-corrected chi connectivity index (χ1v) is 4.53. The maximum Gasteiger partial charge on any atom is 0.162 e. The number of aliphatic hydroxyl groups is 1. The van der Waals surface area contributed by atoms with Crippen LogP contribution in [0.2, 0.25) is 0 Å². The molecular formula is C11H10FNO2. The van der Waals surface area contributed by atoms with Crippen LogP contribution in [-0.4, -0.2) is 10.3 Å². The van der Waals surface area contributed by atoms with Crippen molar-refractivity contribution >= 4 is 0 Å². The smallest absolute Gasteiger partial charge is 0.162 e. The highest BCUT2D eigenvalue weighted by Gasteiger charge is 2.09. The number of hydrogen-bond acceptors (Lipinski definition) is 3. The number of aliphatic hydroxyl groups excluding tert-OH is 1. The maximum absolute atomic E-state index is 13.0. The molecule has 4 heteroatoms. The van der Waals surface area contributed by atoms with Gasteiger partial charge in [0.2, 0.25) is 0 Å². The van der Waals surface area contributed by atoms with Crippen LogP contribution in [0.5, 0.6) is 0 Å². The van der Waals surface area contributed by atoms with Crippen molar-refractivity contribution in [3.8, 4) is 11.3 Å². The topological polar surface area (TPSA) is 46.3 Å². The van der Waals surface area contributed by atoms with Gasteiger partial charge < -0.3 is 9.63 Å². The number of hydrogen-bond donors (Lipinski definition) is 1. The summed E-state index contributed by atoms with van der Waals surface area (Å²) in [5, 5.41) is 12.6. The molecule has 1 aromatic heterocycles. The van der Waals surface area contributed by atoms with Crippen LogP contribution < -0.4 is 0 Å². The summed E-state index contributed by atoms with van der Waals surface area (Å²) in [5.41, 5.74) is 2.13. The number of aryl methyl sites for hydroxylation is 1. The van der Waals surface area contributed by atoms with Crippen molar-refractivity contribution < 1.29 is 14.0 Å². The molecule has 1 N–H and O–H groups in total. The molecule has 15 heavy (non-hydrogen) atoms. The molecule has 0 aliphatic heterocycles. The molecule has 78 valence electrons. The Morgan fingerprint density at radius 2 is 2.20 bits per heavy atom. The number of nitrogens with zero attached hydrogens (tertiary/aromatic N) is 1. The number of aromatic nitrogens is 1. The van der Waals surface area contributed by atoms with E-state index in [9.17, 15) is 4.39 Å². The number of halogens is 1. The summed E-state index contributed by atoms with van der Waals surface area (Å²) < 4.78 is 17.9. The Hall–Kier alpha value is -1.68. The second-order valence-electron chi connectivity index (χ2n) is 3.30. The van der Waals surface area contributed by atoms with Crippen molar-refractivity contribution in [1.29, 1.82) is 0 Å². The monoisotopic (exact) mass is 207 g/mol. The second-order valence-corrected chi connectivity index (χ2v) is 3.30. The quantitative estimate of drug-likeness (QED) is 0.821. The van der Waals surface area contributed by atoms with E-state index in [1.807, 2.05) is 6.92 Å². The van der Waals surface area contributed by atoms with Crippen molar-refractivity contribution in [2.75, 3.05) is 0 Å². The SMILES string of the molecule is Cc1ccc(F)cc1-c1cc(CO)on1. The minimum absolute atomic E-state index is 0.207. The van der Waals surface area contributed by atoms with E-state index in [0.29, 0.717) is 17.0 Å². The Bertz CT molecular complexity index is 479. The first-order chi connectivity index (χ1) is 7.20. The average Bonchev–Trinajstić information content (AvgIpc) is 2.70. The Balaban J connectivity index is 2.48. The summed E-state index contributed by atoms with van der Waals surface area (Å²) in [7, 11) is 0. The molecule has 0 unspecified atom stereocenters. The molecule has 0 aliphatic rings. The summed E-state index contributed by atoms with van der Waals surface area (Å²) in [4.78, 5) is 0. The van der Waals surface area contributed by atoms with Gasteiger partial charge in [-0.1, -0.05) is 11.2 Å². The predicted octanol–water partition coefficient (Wildman–Crippen LogP) is 2.28. The van der Waals surface area contributed by atoms with E-state index < -0.39 is 0 Å². The second kappa shape index (κ2) is 3.82. The lowest BCUT2D eigenvalue weighted by molar-refractivity contribution is 0.229. The van der Waals surface area contributed by atoms with Crippen molar-refractivity contribution in [2.24, 2.45) is 0 Å². The highest BCUT2D eigenvalue weighted by Crippen LogP contribution is 2.23. The molecule has 0 saturated heterocycles. The van der Waals surface area contributed by atoms with Gasteiger partial charge in [0.05, 0.1) is 0 Å². The van der Waals surface area contributed by atoms with Gasteiger partial charge in [-0.15, -0.1) is 0 Å². The fourth-order valence-electron chi connectivity index (χ4n) is 1.38. The van der Waals surface area contributed by atoms with Crippen LogP contribution in [0.15, 0.2) is 28.8 Å². The lowest BCUT2D eigenvalue weighted by Crippen LogP contribution is -1.84. The van der Waals surface area contributed by atoms with E-state index in [0.717, 1.165) is 5.56 Å². The molecule has 0 amide bonds. The summed E-state index contributed by atoms with van der Waals surface area (Å²) >= 11 is 0. The van der Waals surface area contributed by atoms with Crippen LogP contribution in [0, 0.1) is 12.7 Å². The highest BCUT2D eigenvalue weighted by molar-refractivity contribution is 5.63. The predicted molar refractivity (Wildman–Crippen MR) is 52.6 cm³/mol. The standard InChI is InChI=1S/C11H10FNO2/c1-7-2-3-8(12)4-10(7)11-5-9(6-14)15-13-11/h2-5,14H,6H2,1H3. The van der Waals surface area contributed by atoms with E-state index >= 15 is 0 Å². The van der Waals surface area contributed by atoms with Gasteiger partial charge in [-0.25, -0.2) is 4.39 Å². The van der Waals surface area contributed by atoms with Crippen LogP contribution in [0.4, 0.5) is 4.39 Å². The zero-order valence-electron chi connectivity index (χ0n) is 8.20. The molecule has 0 radical (unpaired) electrons. The Morgan fingerprint density at radius 1 is 1.40 bits per heavy atom. The Kier molecular flexibility index (Phi) is 2.51. The van der Waals surface area contributed by atoms with Crippen LogP contribution in [0.1, 0.15) is 11.3 Å². The zero-order valence-corrected chi connectivity index (χ0v) is 8.20. The van der Waals surface area contributed by atoms with Gasteiger partial charge in [0.25, 0.3) is 0 Å². The summed E-state index contributed by atoms with van der Waals surface area (Å²) in [6.07, 6.45) is 0. The van der Waals surface area contributed by atoms with E-state index in [1.54, 1.807) is 12.1 Å². The van der Waals surface area contributed by atoms with Crippen molar-refractivity contribution in [3.63, 3.8) is 0 Å². The molecule has 1 heterocycles. The zero-order chi connectivity index (χ0) is 10.8. The fraction of sp³-hybridized carbons (Fsp3) is 0.182. The van der Waals surface area contributed by atoms with Gasteiger partial charge in [0.15, 0.2) is 5.76 Å². The van der Waals surface area contributed by atoms with E-state index in [2.05, 4.69) is 5.16 Å². The molecule has 0 saturated carbocycles. The number of benzene rings is 1. The van der Waals surface area contributed by atoms with E-state index in [1.165, 1.54) is 12.1 Å². The van der Waals surface area contributed by atoms with Gasteiger partial charge in [0.1, 0.15) is 18.1 Å². The van der Waals surface area contributed by atoms with Crippen LogP contribution in [-0.2, 0) is 6.61 Å². The third kappa shape index (κ3) is 1.89. The van der Waals surface area contributed by atoms with Gasteiger partial charge in [-0.05, 0) is 24.6 Å². The largest absolute Gasteiger partial charge is 0.388 e. The molecule has 0 aliphatic carbocycles. The van der Waals surface area contributed by atoms with Gasteiger partial charge in [0, 0.05) is 11.6 Å². The Morgan fingerprint density at radius 3 is 2.87 bits per heavy atom. The van der Waals surface area contributed by atoms with Gasteiger partial charge in [-0.2, -0.15) is 0 Å². The maximum atomic E-state index is 13.0. The highest BCUT2D eigenvalue weighted by atomic mass is 19.1. The minimum atomic E-state index is -0.316. The van der Waals surface area contributed by atoms with E-state index in [4.69, 9.17) is 9.63 Å². The lowest BCUT2D eigenvalue weighted by Gasteiger charge is -2.00. The first-order valence-electron chi connectivity index (χ1n) is 4.53. The molecule has 2 rings (SSSR count). The third-order valence-corrected chi connectivity index (χ3v) is 2.19. The van der Waals surface area contributed by atoms with Crippen LogP contribution in [0.3, 0.4) is 0 Å². The van der Waals surface area contributed by atoms with E-state index in [-0.39, 0.29) is 12.4 Å². The lowest BCUT2D eigenvalue weighted by atomic mass is 10.1. The molecule has 0 bridgehead atoms. The molecule has 3 nitrogen and oxygen atoms in total. The molecule has 1 aromatic carbocycles. The van der Waals surface area contributed by atoms with Crippen LogP contribution in [0.25, 0.3) is 11.3 Å². The summed E-state index contributed by atoms with van der Waals surface area (Å²) in [5.74, 6) is 0.0535. The van der Waals surface area contributed by atoms with Gasteiger partial charge >= 0.3 is 0 Å². The normalized spacial score (nSPS) is 10.6. The molecule has 2 aromatic rings. The third-order valence-electron chi connectivity index (χ3n) is 2.19.